The van der Waals surface area contributed by atoms with Gasteiger partial charge in [0.1, 0.15) is 12.2 Å². The van der Waals surface area contributed by atoms with E-state index in [2.05, 4.69) is 4.52 Å². The van der Waals surface area contributed by atoms with E-state index < -0.39 is 38.7 Å². The maximum atomic E-state index is 10.2. The summed E-state index contributed by atoms with van der Waals surface area (Å²) < 4.78 is 14.0. The largest absolute Gasteiger partial charge is 0.479 e. The van der Waals surface area contributed by atoms with Crippen LogP contribution in [0.4, 0.5) is 0 Å². The van der Waals surface area contributed by atoms with Crippen molar-refractivity contribution in [2.45, 2.75) is 18.3 Å². The average Bonchev–Trinajstić information content (AvgIpc) is 2.10. The van der Waals surface area contributed by atoms with Crippen LogP contribution in [0.3, 0.4) is 0 Å². The minimum absolute atomic E-state index is 1.00. The van der Waals surface area contributed by atoms with E-state index >= 15 is 0 Å². The van der Waals surface area contributed by atoms with Crippen LogP contribution in [0.2, 0.25) is 0 Å². The van der Waals surface area contributed by atoms with Gasteiger partial charge < -0.3 is 30.2 Å². The van der Waals surface area contributed by atoms with Crippen LogP contribution in [0, 0.1) is 0 Å². The molecule has 0 amide bonds. The molecule has 0 radical (unpaired) electrons. The molecule has 0 heterocycles. The third-order valence-corrected chi connectivity index (χ3v) is 1.87. The molecule has 90 valence electrons. The third-order valence-electron chi connectivity index (χ3n) is 1.38. The minimum Gasteiger partial charge on any atom is -0.479 e. The summed E-state index contributed by atoms with van der Waals surface area (Å²) in [7, 11) is -4.81. The van der Waals surface area contributed by atoms with E-state index in [0.717, 1.165) is 0 Å². The highest BCUT2D eigenvalue weighted by Crippen LogP contribution is 2.35. The van der Waals surface area contributed by atoms with Crippen molar-refractivity contribution in [3.63, 3.8) is 0 Å². The van der Waals surface area contributed by atoms with Gasteiger partial charge in [0.05, 0.1) is 6.61 Å². The molecule has 0 aliphatic rings. The number of aliphatic hydroxyl groups excluding tert-OH is 3. The van der Waals surface area contributed by atoms with E-state index in [0.29, 0.717) is 0 Å². The van der Waals surface area contributed by atoms with E-state index in [9.17, 15) is 9.36 Å². The topological polar surface area (TPSA) is 165 Å². The number of aliphatic carboxylic acids is 1. The first-order valence-electron chi connectivity index (χ1n) is 3.62. The van der Waals surface area contributed by atoms with E-state index in [1.165, 1.54) is 0 Å². The maximum absolute atomic E-state index is 10.2. The number of carboxylic acid groups (broad SMARTS) is 1. The quantitative estimate of drug-likeness (QED) is 0.272. The second kappa shape index (κ2) is 5.52. The molecule has 0 unspecified atom stereocenters. The Hall–Kier alpha value is -0.540. The van der Waals surface area contributed by atoms with Gasteiger partial charge in [0, 0.05) is 0 Å². The fourth-order valence-electron chi connectivity index (χ4n) is 0.629. The molecule has 9 nitrogen and oxygen atoms in total. The van der Waals surface area contributed by atoms with Crippen molar-refractivity contribution in [1.29, 1.82) is 0 Å². The zero-order valence-electron chi connectivity index (χ0n) is 7.29. The van der Waals surface area contributed by atoms with Crippen LogP contribution in [0.25, 0.3) is 0 Å². The van der Waals surface area contributed by atoms with Gasteiger partial charge in [-0.05, 0) is 0 Å². The Morgan fingerprint density at radius 3 is 2.07 bits per heavy atom. The number of rotatable bonds is 6. The molecule has 0 spiro atoms. The molecule has 0 bridgehead atoms. The van der Waals surface area contributed by atoms with E-state index in [-0.39, 0.29) is 0 Å². The Morgan fingerprint density at radius 2 is 1.73 bits per heavy atom. The van der Waals surface area contributed by atoms with E-state index in [1.807, 2.05) is 0 Å². The van der Waals surface area contributed by atoms with Crippen LogP contribution >= 0.6 is 7.82 Å². The number of carbonyl (C=O) groups is 1. The van der Waals surface area contributed by atoms with Crippen molar-refractivity contribution in [3.05, 3.63) is 0 Å². The molecule has 6 N–H and O–H groups in total. The van der Waals surface area contributed by atoms with Gasteiger partial charge >= 0.3 is 13.8 Å². The summed E-state index contributed by atoms with van der Waals surface area (Å²) in [6.45, 7) is -1.00. The normalized spacial score (nSPS) is 18.2. The van der Waals surface area contributed by atoms with Crippen LogP contribution in [-0.2, 0) is 13.9 Å². The first kappa shape index (κ1) is 14.5. The lowest BCUT2D eigenvalue weighted by Gasteiger charge is -2.19. The number of carboxylic acids is 1. The van der Waals surface area contributed by atoms with Crippen molar-refractivity contribution in [2.24, 2.45) is 0 Å². The van der Waals surface area contributed by atoms with Gasteiger partial charge in [-0.15, -0.1) is 0 Å². The summed E-state index contributed by atoms with van der Waals surface area (Å²) in [4.78, 5) is 26.6. The van der Waals surface area contributed by atoms with Crippen LogP contribution in [0.15, 0.2) is 0 Å². The summed E-state index contributed by atoms with van der Waals surface area (Å²) >= 11 is 0. The molecule has 10 heteroatoms. The molecular weight excluding hydrogens is 235 g/mol. The molecule has 0 aromatic carbocycles. The zero-order chi connectivity index (χ0) is 12.2. The number of phosphoric ester groups is 1. The molecule has 0 aromatic heterocycles. The first-order valence-corrected chi connectivity index (χ1v) is 5.15. The lowest BCUT2D eigenvalue weighted by Crippen LogP contribution is -2.44. The molecule has 15 heavy (non-hydrogen) atoms. The summed E-state index contributed by atoms with van der Waals surface area (Å²) in [5.41, 5.74) is 0. The van der Waals surface area contributed by atoms with Crippen LogP contribution in [0.1, 0.15) is 0 Å². The predicted molar refractivity (Wildman–Crippen MR) is 43.7 cm³/mol. The average molecular weight is 246 g/mol. The van der Waals surface area contributed by atoms with Gasteiger partial charge in [-0.3, -0.25) is 4.52 Å². The lowest BCUT2D eigenvalue weighted by atomic mass is 10.1. The smallest absolute Gasteiger partial charge is 0.469 e. The van der Waals surface area contributed by atoms with Crippen molar-refractivity contribution in [2.75, 3.05) is 6.61 Å². The van der Waals surface area contributed by atoms with E-state index in [1.54, 1.807) is 0 Å². The molecule has 0 aliphatic carbocycles. The molecule has 0 saturated carbocycles. The van der Waals surface area contributed by atoms with Crippen LogP contribution in [0.5, 0.6) is 0 Å². The Morgan fingerprint density at radius 1 is 1.27 bits per heavy atom. The molecule has 0 aromatic rings. The zero-order valence-corrected chi connectivity index (χ0v) is 8.19. The molecule has 0 rings (SSSR count). The van der Waals surface area contributed by atoms with E-state index in [4.69, 9.17) is 30.2 Å². The fraction of sp³-hybridized carbons (Fsp3) is 0.800. The monoisotopic (exact) mass is 246 g/mol. The Bertz CT molecular complexity index is 259. The van der Waals surface area contributed by atoms with Gasteiger partial charge in [0.15, 0.2) is 6.10 Å². The van der Waals surface area contributed by atoms with Gasteiger partial charge in [-0.2, -0.15) is 0 Å². The highest BCUT2D eigenvalue weighted by molar-refractivity contribution is 7.46. The standard InChI is InChI=1S/C5H11O9P/c6-2(1-14-15(11,12)13)3(7)4(8)5(9)10/h2-4,6-8H,1H2,(H,9,10)(H2,11,12,13)/t2-,3-,4-/m0/s1. The third kappa shape index (κ3) is 5.80. The molecule has 0 fully saturated rings. The SMILES string of the molecule is O=C(O)[C@@H](O)[C@@H](O)[C@@H](O)COP(=O)(O)O. The molecule has 0 saturated heterocycles. The molecule has 0 aliphatic heterocycles. The number of phosphoric acid groups is 1. The van der Waals surface area contributed by atoms with Crippen molar-refractivity contribution in [3.8, 4) is 0 Å². The lowest BCUT2D eigenvalue weighted by molar-refractivity contribution is -0.159. The van der Waals surface area contributed by atoms with Crippen LogP contribution < -0.4 is 0 Å². The molecular formula is C5H11O9P. The second-order valence-corrected chi connectivity index (χ2v) is 3.87. The predicted octanol–water partition coefficient (Wildman–Crippen LogP) is -2.74. The van der Waals surface area contributed by atoms with Gasteiger partial charge in [0.25, 0.3) is 0 Å². The Labute approximate surface area is 83.8 Å². The van der Waals surface area contributed by atoms with Crippen LogP contribution in [-0.4, -0.2) is 61.1 Å². The van der Waals surface area contributed by atoms with Gasteiger partial charge in [-0.1, -0.05) is 0 Å². The van der Waals surface area contributed by atoms with Gasteiger partial charge in [0.2, 0.25) is 0 Å². The Kier molecular flexibility index (Phi) is 5.32. The summed E-state index contributed by atoms with van der Waals surface area (Å²) in [5, 5.41) is 34.8. The Balaban J connectivity index is 4.16. The molecule has 3 atom stereocenters. The summed E-state index contributed by atoms with van der Waals surface area (Å²) in [5.74, 6) is -1.78. The van der Waals surface area contributed by atoms with Crippen molar-refractivity contribution < 1.29 is 44.1 Å². The highest BCUT2D eigenvalue weighted by Gasteiger charge is 2.31. The fourth-order valence-corrected chi connectivity index (χ4v) is 0.975. The van der Waals surface area contributed by atoms with Crippen molar-refractivity contribution in [1.82, 2.24) is 0 Å². The second-order valence-electron chi connectivity index (χ2n) is 2.63. The number of aliphatic hydroxyl groups is 3. The van der Waals surface area contributed by atoms with Gasteiger partial charge in [-0.25, -0.2) is 9.36 Å². The summed E-state index contributed by atoms with van der Waals surface area (Å²) in [6.07, 6.45) is -6.29. The minimum atomic E-state index is -4.81. The highest BCUT2D eigenvalue weighted by atomic mass is 31.2. The number of hydrogen-bond acceptors (Lipinski definition) is 6. The summed E-state index contributed by atoms with van der Waals surface area (Å²) in [6, 6.07) is 0. The number of hydrogen-bond donors (Lipinski definition) is 6. The first-order chi connectivity index (χ1) is 6.65. The van der Waals surface area contributed by atoms with Crippen molar-refractivity contribution >= 4 is 13.8 Å². The maximum Gasteiger partial charge on any atom is 0.469 e.